The van der Waals surface area contributed by atoms with E-state index in [1.165, 1.54) is 24.1 Å². The lowest BCUT2D eigenvalue weighted by atomic mass is 10.1. The molecule has 3 aromatic carbocycles. The minimum atomic E-state index is -4.84. The number of aliphatic hydroxyl groups excluding tert-OH is 1. The summed E-state index contributed by atoms with van der Waals surface area (Å²) in [4.78, 5) is 0.200. The second-order valence-electron chi connectivity index (χ2n) is 10.0. The van der Waals surface area contributed by atoms with Gasteiger partial charge in [-0.2, -0.15) is 0 Å². The largest absolute Gasteiger partial charge is 0.573 e. The molecular formula is C28H28F3N3O5S2. The summed E-state index contributed by atoms with van der Waals surface area (Å²) in [6.07, 6.45) is -3.86. The Morgan fingerprint density at radius 2 is 1.63 bits per heavy atom. The van der Waals surface area contributed by atoms with Crippen LogP contribution in [0.25, 0.3) is 0 Å². The molecule has 6 rings (SSSR count). The summed E-state index contributed by atoms with van der Waals surface area (Å²) < 4.78 is 77.5. The number of benzene rings is 3. The summed E-state index contributed by atoms with van der Waals surface area (Å²) in [6.45, 7) is 0.672. The summed E-state index contributed by atoms with van der Waals surface area (Å²) in [5.41, 5.74) is 1.64. The van der Waals surface area contributed by atoms with Crippen LogP contribution in [0.15, 0.2) is 82.1 Å². The van der Waals surface area contributed by atoms with Crippen LogP contribution in [0.1, 0.15) is 12.8 Å². The molecule has 2 unspecified atom stereocenters. The summed E-state index contributed by atoms with van der Waals surface area (Å²) in [6, 6.07) is 19.3. The van der Waals surface area contributed by atoms with E-state index in [2.05, 4.69) is 13.8 Å². The molecule has 1 saturated carbocycles. The molecule has 1 aliphatic carbocycles. The first-order valence-corrected chi connectivity index (χ1v) is 15.5. The molecule has 2 heterocycles. The lowest BCUT2D eigenvalue weighted by molar-refractivity contribution is -0.274. The van der Waals surface area contributed by atoms with E-state index in [1.807, 2.05) is 52.8 Å². The molecule has 8 nitrogen and oxygen atoms in total. The highest BCUT2D eigenvalue weighted by Gasteiger charge is 2.39. The van der Waals surface area contributed by atoms with Crippen molar-refractivity contribution < 1.29 is 36.7 Å². The fraction of sp³-hybridized carbons (Fsp3) is 0.357. The van der Waals surface area contributed by atoms with Gasteiger partial charge in [0.25, 0.3) is 0 Å². The number of fused-ring (bicyclic) bond motifs is 2. The highest BCUT2D eigenvalue weighted by atomic mass is 32.2. The Labute approximate surface area is 240 Å². The fourth-order valence-electron chi connectivity index (χ4n) is 4.61. The van der Waals surface area contributed by atoms with Gasteiger partial charge in [-0.15, -0.1) is 13.2 Å². The maximum absolute atomic E-state index is 14.2. The zero-order chi connectivity index (χ0) is 28.6. The number of alkyl halides is 3. The third kappa shape index (κ3) is 6.44. The molecule has 2 fully saturated rings. The molecule has 0 radical (unpaired) electrons. The van der Waals surface area contributed by atoms with Gasteiger partial charge in [0, 0.05) is 0 Å². The Bertz CT molecular complexity index is 1460. The Morgan fingerprint density at radius 1 is 1.00 bits per heavy atom. The summed E-state index contributed by atoms with van der Waals surface area (Å²) in [7, 11) is -3.31. The van der Waals surface area contributed by atoms with Gasteiger partial charge in [-0.25, -0.2) is 13.3 Å². The fourth-order valence-corrected chi connectivity index (χ4v) is 7.78. The first-order chi connectivity index (χ1) is 19.7. The van der Waals surface area contributed by atoms with Gasteiger partial charge in [0.05, 0.1) is 53.4 Å². The van der Waals surface area contributed by atoms with Crippen molar-refractivity contribution >= 4 is 33.2 Å². The highest BCUT2D eigenvalue weighted by Crippen LogP contribution is 2.50. The van der Waals surface area contributed by atoms with Gasteiger partial charge in [-0.1, -0.05) is 24.3 Å². The monoisotopic (exact) mass is 607 g/mol. The normalized spacial score (nSPS) is 23.5. The number of nitrogens with one attached hydrogen (secondary N) is 1. The van der Waals surface area contributed by atoms with Crippen molar-refractivity contribution in [3.05, 3.63) is 72.8 Å². The van der Waals surface area contributed by atoms with Crippen LogP contribution >= 0.6 is 11.9 Å². The first-order valence-electron chi connectivity index (χ1n) is 13.1. The van der Waals surface area contributed by atoms with E-state index in [1.54, 1.807) is 0 Å². The second-order valence-corrected chi connectivity index (χ2v) is 13.2. The van der Waals surface area contributed by atoms with E-state index in [0.717, 1.165) is 36.3 Å². The first kappa shape index (κ1) is 28.2. The molecule has 3 aliphatic rings. The molecule has 13 heteroatoms. The van der Waals surface area contributed by atoms with Crippen LogP contribution < -0.4 is 18.5 Å². The zero-order valence-corrected chi connectivity index (χ0v) is 23.3. The number of rotatable bonds is 8. The molecule has 0 bridgehead atoms. The van der Waals surface area contributed by atoms with E-state index in [9.17, 15) is 22.5 Å². The smallest absolute Gasteiger partial charge is 0.453 e. The van der Waals surface area contributed by atoms with Gasteiger partial charge in [-0.05, 0) is 79.2 Å². The molecule has 0 aromatic heterocycles. The molecule has 2 aliphatic heterocycles. The van der Waals surface area contributed by atoms with Gasteiger partial charge in [0.2, 0.25) is 0 Å². The van der Waals surface area contributed by atoms with Crippen molar-refractivity contribution in [1.82, 2.24) is 4.72 Å². The number of hydrogen-bond acceptors (Lipinski definition) is 8. The standard InChI is InChI=1S/C28H28F3N3O5S2/c29-28(30,31)39-19-11-13-20(14-12-19)41(36,32-15-18-9-10-18)33-21-16-37-17-26(27(21)35)40-34-22-5-1-3-7-24(22)38-25-8-4-2-6-23(25)34/h1-8,11-14,18,21,26-27,35H,9-10,15-17H2,(H,32,33,36)/t21-,26?,27-,41?/m0/s1. The molecule has 41 heavy (non-hydrogen) atoms. The molecule has 3 aromatic rings. The van der Waals surface area contributed by atoms with Gasteiger partial charge >= 0.3 is 6.36 Å². The van der Waals surface area contributed by atoms with Crippen molar-refractivity contribution in [3.8, 4) is 17.2 Å². The number of para-hydroxylation sites is 4. The molecule has 0 amide bonds. The predicted molar refractivity (Wildman–Crippen MR) is 150 cm³/mol. The van der Waals surface area contributed by atoms with E-state index < -0.39 is 39.4 Å². The number of ether oxygens (including phenoxy) is 3. The van der Waals surface area contributed by atoms with E-state index in [0.29, 0.717) is 24.0 Å². The highest BCUT2D eigenvalue weighted by molar-refractivity contribution is 8.01. The van der Waals surface area contributed by atoms with E-state index in [-0.39, 0.29) is 18.1 Å². The molecule has 1 saturated heterocycles. The van der Waals surface area contributed by atoms with Crippen LogP contribution in [0.2, 0.25) is 0 Å². The molecule has 0 spiro atoms. The quantitative estimate of drug-likeness (QED) is 0.302. The van der Waals surface area contributed by atoms with Crippen molar-refractivity contribution in [2.45, 2.75) is 41.5 Å². The van der Waals surface area contributed by atoms with E-state index in [4.69, 9.17) is 9.47 Å². The Morgan fingerprint density at radius 3 is 2.24 bits per heavy atom. The Kier molecular flexibility index (Phi) is 7.81. The molecule has 4 atom stereocenters. The van der Waals surface area contributed by atoms with Crippen LogP contribution in [0, 0.1) is 5.92 Å². The summed E-state index contributed by atoms with van der Waals surface area (Å²) >= 11 is 1.39. The van der Waals surface area contributed by atoms with Crippen LogP contribution in [0.3, 0.4) is 0 Å². The van der Waals surface area contributed by atoms with Gasteiger partial charge in [0.15, 0.2) is 11.5 Å². The van der Waals surface area contributed by atoms with Crippen molar-refractivity contribution in [1.29, 1.82) is 0 Å². The molecule has 2 N–H and O–H groups in total. The Balaban J connectivity index is 1.24. The number of aliphatic hydroxyl groups is 1. The summed E-state index contributed by atoms with van der Waals surface area (Å²) in [5, 5.41) is 11.0. The van der Waals surface area contributed by atoms with Crippen molar-refractivity contribution in [2.75, 3.05) is 24.1 Å². The number of halogens is 3. The Hall–Kier alpha value is -2.97. The van der Waals surface area contributed by atoms with Gasteiger partial charge in [0.1, 0.15) is 15.7 Å². The van der Waals surface area contributed by atoms with Crippen molar-refractivity contribution in [2.24, 2.45) is 10.3 Å². The lowest BCUT2D eigenvalue weighted by Gasteiger charge is -2.39. The van der Waals surface area contributed by atoms with Crippen LogP contribution in [0.5, 0.6) is 17.2 Å². The average molecular weight is 608 g/mol. The minimum Gasteiger partial charge on any atom is -0.453 e. The van der Waals surface area contributed by atoms with Crippen LogP contribution in [-0.2, 0) is 14.7 Å². The van der Waals surface area contributed by atoms with E-state index >= 15 is 0 Å². The number of anilines is 2. The average Bonchev–Trinajstić information content (AvgIpc) is 3.78. The lowest BCUT2D eigenvalue weighted by Crippen LogP contribution is -2.55. The van der Waals surface area contributed by atoms with Gasteiger partial charge in [-0.3, -0.25) is 4.31 Å². The van der Waals surface area contributed by atoms with Crippen molar-refractivity contribution in [3.63, 3.8) is 0 Å². The number of nitrogens with zero attached hydrogens (tertiary/aromatic N) is 2. The minimum absolute atomic E-state index is 0.0831. The predicted octanol–water partition coefficient (Wildman–Crippen LogP) is 6.05. The zero-order valence-electron chi connectivity index (χ0n) is 21.7. The SMILES string of the molecule is O=S(=NCC1CC1)(N[C@H]1COCC(SN2c3ccccc3Oc3ccccc32)[C@H]1O)c1ccc(OC(F)(F)F)cc1. The molecular weight excluding hydrogens is 579 g/mol. The summed E-state index contributed by atoms with van der Waals surface area (Å²) in [5.74, 6) is 1.26. The maximum atomic E-state index is 14.2. The third-order valence-electron chi connectivity index (χ3n) is 6.90. The third-order valence-corrected chi connectivity index (χ3v) is 10.2. The molecule has 218 valence electrons. The van der Waals surface area contributed by atoms with Crippen LogP contribution in [0.4, 0.5) is 24.5 Å². The number of hydrogen-bond donors (Lipinski definition) is 2. The van der Waals surface area contributed by atoms with Gasteiger partial charge < -0.3 is 19.3 Å². The van der Waals surface area contributed by atoms with Crippen LogP contribution in [-0.4, -0.2) is 52.8 Å². The maximum Gasteiger partial charge on any atom is 0.573 e. The topological polar surface area (TPSA) is 92.6 Å². The second kappa shape index (κ2) is 11.4.